The smallest absolute Gasteiger partial charge is 0.340 e. The minimum Gasteiger partial charge on any atom is -0.462 e. The molecule has 2 N–H and O–H groups in total. The van der Waals surface area contributed by atoms with E-state index < -0.39 is 5.97 Å². The Morgan fingerprint density at radius 3 is 2.48 bits per heavy atom. The molecule has 0 fully saturated rings. The van der Waals surface area contributed by atoms with E-state index in [0.717, 1.165) is 11.1 Å². The number of rotatable bonds is 6. The molecule has 2 aromatic carbocycles. The first-order valence-corrected chi connectivity index (χ1v) is 9.22. The van der Waals surface area contributed by atoms with Gasteiger partial charge in [0.15, 0.2) is 0 Å². The van der Waals surface area contributed by atoms with Crippen LogP contribution in [0.4, 0.5) is 17.3 Å². The van der Waals surface area contributed by atoms with Gasteiger partial charge in [0.05, 0.1) is 17.9 Å². The van der Waals surface area contributed by atoms with E-state index in [4.69, 9.17) is 4.74 Å². The fourth-order valence-electron chi connectivity index (χ4n) is 2.89. The van der Waals surface area contributed by atoms with E-state index in [1.54, 1.807) is 31.2 Å². The van der Waals surface area contributed by atoms with Gasteiger partial charge in [-0.3, -0.25) is 4.79 Å². The van der Waals surface area contributed by atoms with Gasteiger partial charge in [0, 0.05) is 11.9 Å². The van der Waals surface area contributed by atoms with Gasteiger partial charge in [-0.25, -0.2) is 14.8 Å². The van der Waals surface area contributed by atoms with Crippen LogP contribution in [0.5, 0.6) is 0 Å². The van der Waals surface area contributed by atoms with Crippen molar-refractivity contribution in [2.75, 3.05) is 17.2 Å². The topological polar surface area (TPSA) is 93.2 Å². The number of hydrogen-bond donors (Lipinski definition) is 2. The van der Waals surface area contributed by atoms with Gasteiger partial charge in [0.2, 0.25) is 5.95 Å². The largest absolute Gasteiger partial charge is 0.462 e. The second kappa shape index (κ2) is 8.97. The summed E-state index contributed by atoms with van der Waals surface area (Å²) in [6, 6.07) is 14.2. The standard InChI is InChI=1S/C22H22N4O3/c1-4-29-21(28)17-7-5-6-8-18(17)25-22-23-10-9-19(26-22)20(27)24-16-12-14(2)11-15(3)13-16/h5-13H,4H2,1-3H3,(H,24,27)(H,23,25,26). The Hall–Kier alpha value is -3.74. The molecule has 0 atom stereocenters. The zero-order valence-electron chi connectivity index (χ0n) is 16.5. The summed E-state index contributed by atoms with van der Waals surface area (Å²) in [6.45, 7) is 5.96. The van der Waals surface area contributed by atoms with Crippen molar-refractivity contribution in [3.8, 4) is 0 Å². The molecule has 0 saturated heterocycles. The van der Waals surface area contributed by atoms with Gasteiger partial charge in [-0.05, 0) is 62.2 Å². The van der Waals surface area contributed by atoms with Crippen LogP contribution < -0.4 is 10.6 Å². The van der Waals surface area contributed by atoms with Crippen molar-refractivity contribution in [1.29, 1.82) is 0 Å². The van der Waals surface area contributed by atoms with Gasteiger partial charge in [-0.15, -0.1) is 0 Å². The zero-order valence-corrected chi connectivity index (χ0v) is 16.5. The normalized spacial score (nSPS) is 10.3. The first-order chi connectivity index (χ1) is 14.0. The van der Waals surface area contributed by atoms with Crippen LogP contribution in [0.15, 0.2) is 54.7 Å². The number of para-hydroxylation sites is 1. The lowest BCUT2D eigenvalue weighted by atomic mass is 10.1. The molecule has 0 spiro atoms. The van der Waals surface area contributed by atoms with Crippen LogP contribution in [0.1, 0.15) is 38.9 Å². The third-order valence-electron chi connectivity index (χ3n) is 4.04. The fourth-order valence-corrected chi connectivity index (χ4v) is 2.89. The molecule has 3 rings (SSSR count). The monoisotopic (exact) mass is 390 g/mol. The van der Waals surface area contributed by atoms with Crippen LogP contribution in [0.3, 0.4) is 0 Å². The van der Waals surface area contributed by atoms with Crippen LogP contribution in [0, 0.1) is 13.8 Å². The molecular formula is C22H22N4O3. The highest BCUT2D eigenvalue weighted by atomic mass is 16.5. The van der Waals surface area contributed by atoms with Crippen molar-refractivity contribution in [2.24, 2.45) is 0 Å². The molecule has 1 heterocycles. The average molecular weight is 390 g/mol. The van der Waals surface area contributed by atoms with Crippen molar-refractivity contribution in [3.05, 3.63) is 77.1 Å². The van der Waals surface area contributed by atoms with Crippen molar-refractivity contribution in [3.63, 3.8) is 0 Å². The average Bonchev–Trinajstić information content (AvgIpc) is 2.68. The maximum Gasteiger partial charge on any atom is 0.340 e. The number of aryl methyl sites for hydroxylation is 2. The molecular weight excluding hydrogens is 368 g/mol. The quantitative estimate of drug-likeness (QED) is 0.611. The van der Waals surface area contributed by atoms with Crippen molar-refractivity contribution in [2.45, 2.75) is 20.8 Å². The summed E-state index contributed by atoms with van der Waals surface area (Å²) >= 11 is 0. The number of anilines is 3. The van der Waals surface area contributed by atoms with E-state index in [1.807, 2.05) is 32.0 Å². The predicted molar refractivity (Wildman–Crippen MR) is 112 cm³/mol. The van der Waals surface area contributed by atoms with Crippen molar-refractivity contribution in [1.82, 2.24) is 9.97 Å². The van der Waals surface area contributed by atoms with E-state index in [1.165, 1.54) is 12.3 Å². The number of esters is 1. The van der Waals surface area contributed by atoms with Crippen LogP contribution in [-0.2, 0) is 4.74 Å². The number of amides is 1. The molecule has 0 aliphatic rings. The van der Waals surface area contributed by atoms with Gasteiger partial charge < -0.3 is 15.4 Å². The van der Waals surface area contributed by atoms with E-state index in [-0.39, 0.29) is 24.2 Å². The Kier molecular flexibility index (Phi) is 6.19. The Balaban J connectivity index is 1.80. The van der Waals surface area contributed by atoms with Crippen molar-refractivity contribution >= 4 is 29.2 Å². The number of nitrogens with one attached hydrogen (secondary N) is 2. The molecule has 0 aliphatic heterocycles. The van der Waals surface area contributed by atoms with Gasteiger partial charge >= 0.3 is 5.97 Å². The highest BCUT2D eigenvalue weighted by Crippen LogP contribution is 2.20. The second-order valence-electron chi connectivity index (χ2n) is 6.49. The molecule has 0 saturated carbocycles. The summed E-state index contributed by atoms with van der Waals surface area (Å²) < 4.78 is 5.07. The van der Waals surface area contributed by atoms with Gasteiger partial charge in [-0.2, -0.15) is 0 Å². The summed E-state index contributed by atoms with van der Waals surface area (Å²) in [5, 5.41) is 5.83. The molecule has 148 valence electrons. The van der Waals surface area contributed by atoms with Crippen LogP contribution in [0.2, 0.25) is 0 Å². The third kappa shape index (κ3) is 5.16. The Labute approximate surface area is 169 Å². The van der Waals surface area contributed by atoms with E-state index >= 15 is 0 Å². The summed E-state index contributed by atoms with van der Waals surface area (Å²) in [7, 11) is 0. The molecule has 1 aromatic heterocycles. The summed E-state index contributed by atoms with van der Waals surface area (Å²) in [6.07, 6.45) is 1.48. The molecule has 0 aliphatic carbocycles. The summed E-state index contributed by atoms with van der Waals surface area (Å²) in [5.41, 5.74) is 3.88. The first kappa shape index (κ1) is 20.0. The molecule has 3 aromatic rings. The van der Waals surface area contributed by atoms with E-state index in [2.05, 4.69) is 20.6 Å². The summed E-state index contributed by atoms with van der Waals surface area (Å²) in [4.78, 5) is 33.1. The number of hydrogen-bond acceptors (Lipinski definition) is 6. The Bertz CT molecular complexity index is 1030. The minimum absolute atomic E-state index is 0.204. The van der Waals surface area contributed by atoms with Crippen molar-refractivity contribution < 1.29 is 14.3 Å². The molecule has 7 heteroatoms. The van der Waals surface area contributed by atoms with Crippen LogP contribution in [0.25, 0.3) is 0 Å². The lowest BCUT2D eigenvalue weighted by Gasteiger charge is -2.11. The number of carbonyl (C=O) groups is 2. The first-order valence-electron chi connectivity index (χ1n) is 9.22. The summed E-state index contributed by atoms with van der Waals surface area (Å²) in [5.74, 6) is -0.590. The minimum atomic E-state index is -0.445. The van der Waals surface area contributed by atoms with E-state index in [0.29, 0.717) is 16.9 Å². The Morgan fingerprint density at radius 1 is 1.03 bits per heavy atom. The molecule has 1 amide bonds. The van der Waals surface area contributed by atoms with Crippen LogP contribution >= 0.6 is 0 Å². The maximum absolute atomic E-state index is 12.6. The van der Waals surface area contributed by atoms with Crippen LogP contribution in [-0.4, -0.2) is 28.5 Å². The fraction of sp³-hybridized carbons (Fsp3) is 0.182. The number of nitrogens with zero attached hydrogens (tertiary/aromatic N) is 2. The molecule has 7 nitrogen and oxygen atoms in total. The Morgan fingerprint density at radius 2 is 1.76 bits per heavy atom. The number of benzene rings is 2. The van der Waals surface area contributed by atoms with Gasteiger partial charge in [0.25, 0.3) is 5.91 Å². The number of carbonyl (C=O) groups excluding carboxylic acids is 2. The highest BCUT2D eigenvalue weighted by molar-refractivity contribution is 6.03. The molecule has 29 heavy (non-hydrogen) atoms. The van der Waals surface area contributed by atoms with E-state index in [9.17, 15) is 9.59 Å². The zero-order chi connectivity index (χ0) is 20.8. The molecule has 0 bridgehead atoms. The van der Waals surface area contributed by atoms with Gasteiger partial charge in [-0.1, -0.05) is 18.2 Å². The molecule has 0 unspecified atom stereocenters. The SMILES string of the molecule is CCOC(=O)c1ccccc1Nc1nccc(C(=O)Nc2cc(C)cc(C)c2)n1. The lowest BCUT2D eigenvalue weighted by molar-refractivity contribution is 0.0527. The van der Waals surface area contributed by atoms with Gasteiger partial charge in [0.1, 0.15) is 5.69 Å². The molecule has 0 radical (unpaired) electrons. The lowest BCUT2D eigenvalue weighted by Crippen LogP contribution is -2.15. The maximum atomic E-state index is 12.6. The third-order valence-corrected chi connectivity index (χ3v) is 4.04. The number of ether oxygens (including phenoxy) is 1. The number of aromatic nitrogens is 2. The highest BCUT2D eigenvalue weighted by Gasteiger charge is 2.14. The second-order valence-corrected chi connectivity index (χ2v) is 6.49. The predicted octanol–water partition coefficient (Wildman–Crippen LogP) is 4.27.